The van der Waals surface area contributed by atoms with Gasteiger partial charge >= 0.3 is 7.12 Å². The van der Waals surface area contributed by atoms with E-state index in [0.29, 0.717) is 16.7 Å². The van der Waals surface area contributed by atoms with E-state index in [1.165, 1.54) is 4.88 Å². The molecular formula is C20H21BClN5O3S. The minimum absolute atomic E-state index is 0.00505. The Hall–Kier alpha value is -2.53. The lowest BCUT2D eigenvalue weighted by atomic mass is 9.92. The van der Waals surface area contributed by atoms with E-state index in [1.54, 1.807) is 11.3 Å². The van der Waals surface area contributed by atoms with E-state index in [0.717, 1.165) is 27.4 Å². The molecule has 1 amide bonds. The molecule has 1 aliphatic heterocycles. The number of halogens is 1. The molecule has 4 rings (SSSR count). The first-order chi connectivity index (χ1) is 14.8. The standard InChI is InChI=1S/C20H21BClN5O3S/c1-10-11(2)31-20-17(10)18(13-4-6-14(22)7-5-13)24-15(8-16(28)23-9-21(29)30)19-26-25-12(3)27(19)20/h4-7,15,29-30H,8-9H2,1-3H3,(H,23,28)/t15-/m0/s1. The smallest absolute Gasteiger partial charge is 0.426 e. The summed E-state index contributed by atoms with van der Waals surface area (Å²) in [6.45, 7) is 6.00. The van der Waals surface area contributed by atoms with Crippen molar-refractivity contribution in [2.24, 2.45) is 4.99 Å². The number of nitrogens with one attached hydrogen (secondary N) is 1. The number of aromatic nitrogens is 3. The van der Waals surface area contributed by atoms with Crippen molar-refractivity contribution in [1.82, 2.24) is 20.1 Å². The van der Waals surface area contributed by atoms with Crippen LogP contribution in [0, 0.1) is 20.8 Å². The Morgan fingerprint density at radius 2 is 1.94 bits per heavy atom. The summed E-state index contributed by atoms with van der Waals surface area (Å²) in [6.07, 6.45) is -0.258. The number of rotatable bonds is 5. The third-order valence-corrected chi connectivity index (χ3v) is 6.66. The maximum absolute atomic E-state index is 12.5. The molecule has 0 spiro atoms. The van der Waals surface area contributed by atoms with E-state index in [9.17, 15) is 4.79 Å². The highest BCUT2D eigenvalue weighted by molar-refractivity contribution is 7.15. The fourth-order valence-corrected chi connectivity index (χ4v) is 4.93. The number of amides is 1. The van der Waals surface area contributed by atoms with E-state index < -0.39 is 13.2 Å². The molecule has 0 bridgehead atoms. The second kappa shape index (κ2) is 8.54. The molecule has 0 fully saturated rings. The maximum Gasteiger partial charge on any atom is 0.472 e. The molecule has 160 valence electrons. The third-order valence-electron chi connectivity index (χ3n) is 5.22. The molecule has 0 saturated heterocycles. The molecule has 8 nitrogen and oxygen atoms in total. The zero-order chi connectivity index (χ0) is 22.3. The van der Waals surface area contributed by atoms with Crippen LogP contribution in [0.1, 0.15) is 45.7 Å². The first-order valence-electron chi connectivity index (χ1n) is 9.75. The lowest BCUT2D eigenvalue weighted by molar-refractivity contribution is -0.121. The van der Waals surface area contributed by atoms with Gasteiger partial charge in [0.25, 0.3) is 0 Å². The first-order valence-corrected chi connectivity index (χ1v) is 10.9. The van der Waals surface area contributed by atoms with Crippen molar-refractivity contribution in [3.8, 4) is 5.00 Å². The van der Waals surface area contributed by atoms with Crippen LogP contribution in [0.4, 0.5) is 0 Å². The quantitative estimate of drug-likeness (QED) is 0.509. The van der Waals surface area contributed by atoms with Crippen LogP contribution in [0.15, 0.2) is 29.3 Å². The molecule has 0 saturated carbocycles. The van der Waals surface area contributed by atoms with E-state index in [1.807, 2.05) is 35.8 Å². The summed E-state index contributed by atoms with van der Waals surface area (Å²) in [6, 6.07) is 6.86. The van der Waals surface area contributed by atoms with Gasteiger partial charge in [-0.05, 0) is 38.5 Å². The summed E-state index contributed by atoms with van der Waals surface area (Å²) in [5, 5.41) is 30.8. The number of carbonyl (C=O) groups is 1. The topological polar surface area (TPSA) is 113 Å². The number of fused-ring (bicyclic) bond motifs is 3. The monoisotopic (exact) mass is 457 g/mol. The Morgan fingerprint density at radius 1 is 1.23 bits per heavy atom. The summed E-state index contributed by atoms with van der Waals surface area (Å²) in [7, 11) is -1.62. The number of aliphatic imine (C=N–C) groups is 1. The van der Waals surface area contributed by atoms with Crippen molar-refractivity contribution >= 4 is 41.7 Å². The van der Waals surface area contributed by atoms with Crippen LogP contribution in [0.25, 0.3) is 5.00 Å². The lowest BCUT2D eigenvalue weighted by Crippen LogP contribution is -2.35. The van der Waals surface area contributed by atoms with Crippen LogP contribution >= 0.6 is 22.9 Å². The average Bonchev–Trinajstić information content (AvgIpc) is 3.19. The molecule has 0 radical (unpaired) electrons. The fourth-order valence-electron chi connectivity index (χ4n) is 3.59. The number of hydrogen-bond donors (Lipinski definition) is 3. The Morgan fingerprint density at radius 3 is 2.61 bits per heavy atom. The van der Waals surface area contributed by atoms with Gasteiger partial charge in [0.15, 0.2) is 5.82 Å². The Kier molecular flexibility index (Phi) is 5.98. The summed E-state index contributed by atoms with van der Waals surface area (Å²) in [5.41, 5.74) is 3.75. The second-order valence-corrected chi connectivity index (χ2v) is 9.03. The Labute approximate surface area is 188 Å². The van der Waals surface area contributed by atoms with Gasteiger partial charge in [-0.3, -0.25) is 14.4 Å². The van der Waals surface area contributed by atoms with Crippen LogP contribution < -0.4 is 5.32 Å². The van der Waals surface area contributed by atoms with Gasteiger partial charge in [0.05, 0.1) is 18.6 Å². The van der Waals surface area contributed by atoms with Crippen LogP contribution in [0.5, 0.6) is 0 Å². The van der Waals surface area contributed by atoms with Crippen LogP contribution in [0.2, 0.25) is 5.02 Å². The third kappa shape index (κ3) is 4.16. The van der Waals surface area contributed by atoms with Crippen molar-refractivity contribution in [1.29, 1.82) is 0 Å². The van der Waals surface area contributed by atoms with Crippen LogP contribution in [-0.2, 0) is 4.79 Å². The maximum atomic E-state index is 12.5. The number of carbonyl (C=O) groups excluding carboxylic acids is 1. The predicted molar refractivity (Wildman–Crippen MR) is 121 cm³/mol. The van der Waals surface area contributed by atoms with Crippen LogP contribution in [-0.4, -0.2) is 50.0 Å². The second-order valence-electron chi connectivity index (χ2n) is 7.39. The number of thiophene rings is 1. The van der Waals surface area contributed by atoms with Gasteiger partial charge in [-0.25, -0.2) is 0 Å². The fraction of sp³-hybridized carbons (Fsp3) is 0.300. The van der Waals surface area contributed by atoms with Crippen molar-refractivity contribution in [3.63, 3.8) is 0 Å². The molecule has 1 atom stereocenters. The van der Waals surface area contributed by atoms with Gasteiger partial charge in [0, 0.05) is 21.0 Å². The molecular weight excluding hydrogens is 437 g/mol. The molecule has 31 heavy (non-hydrogen) atoms. The first kappa shape index (κ1) is 21.7. The zero-order valence-electron chi connectivity index (χ0n) is 17.3. The molecule has 0 unspecified atom stereocenters. The van der Waals surface area contributed by atoms with Crippen molar-refractivity contribution in [3.05, 3.63) is 62.5 Å². The minimum Gasteiger partial charge on any atom is -0.426 e. The van der Waals surface area contributed by atoms with E-state index in [-0.39, 0.29) is 18.8 Å². The number of nitrogens with zero attached hydrogens (tertiary/aromatic N) is 4. The number of benzene rings is 1. The van der Waals surface area contributed by atoms with Crippen molar-refractivity contribution < 1.29 is 14.8 Å². The molecule has 2 aromatic heterocycles. The average molecular weight is 458 g/mol. The highest BCUT2D eigenvalue weighted by Crippen LogP contribution is 2.39. The van der Waals surface area contributed by atoms with Gasteiger partial charge in [0.2, 0.25) is 5.91 Å². The summed E-state index contributed by atoms with van der Waals surface area (Å²) < 4.78 is 1.96. The number of hydrogen-bond acceptors (Lipinski definition) is 7. The molecule has 11 heteroatoms. The molecule has 1 aliphatic rings. The van der Waals surface area contributed by atoms with Gasteiger partial charge in [-0.15, -0.1) is 21.5 Å². The largest absolute Gasteiger partial charge is 0.472 e. The Bertz CT molecular complexity index is 1170. The predicted octanol–water partition coefficient (Wildman–Crippen LogP) is 2.32. The minimum atomic E-state index is -1.62. The van der Waals surface area contributed by atoms with Gasteiger partial charge in [0.1, 0.15) is 16.9 Å². The van der Waals surface area contributed by atoms with Gasteiger partial charge < -0.3 is 15.4 Å². The van der Waals surface area contributed by atoms with Crippen LogP contribution in [0.3, 0.4) is 0 Å². The SMILES string of the molecule is Cc1sc2c(c1C)C(c1ccc(Cl)cc1)=N[C@@H](CC(=O)NCB(O)O)c1nnc(C)n1-2. The molecule has 3 N–H and O–H groups in total. The van der Waals surface area contributed by atoms with Crippen molar-refractivity contribution in [2.45, 2.75) is 33.2 Å². The Balaban J connectivity index is 1.87. The molecule has 1 aromatic carbocycles. The van der Waals surface area contributed by atoms with E-state index in [2.05, 4.69) is 29.4 Å². The highest BCUT2D eigenvalue weighted by atomic mass is 35.5. The molecule has 0 aliphatic carbocycles. The molecule has 3 aromatic rings. The zero-order valence-corrected chi connectivity index (χ0v) is 18.8. The normalized spacial score (nSPS) is 15.0. The lowest BCUT2D eigenvalue weighted by Gasteiger charge is -2.13. The highest BCUT2D eigenvalue weighted by Gasteiger charge is 2.32. The summed E-state index contributed by atoms with van der Waals surface area (Å²) in [4.78, 5) is 18.6. The van der Waals surface area contributed by atoms with E-state index in [4.69, 9.17) is 26.6 Å². The summed E-state index contributed by atoms with van der Waals surface area (Å²) in [5.74, 6) is 0.924. The number of aryl methyl sites for hydroxylation is 2. The van der Waals surface area contributed by atoms with E-state index >= 15 is 0 Å². The molecule has 3 heterocycles. The van der Waals surface area contributed by atoms with Crippen molar-refractivity contribution in [2.75, 3.05) is 6.44 Å². The summed E-state index contributed by atoms with van der Waals surface area (Å²) >= 11 is 7.74. The van der Waals surface area contributed by atoms with Gasteiger partial charge in [-0.2, -0.15) is 0 Å². The van der Waals surface area contributed by atoms with Gasteiger partial charge in [-0.1, -0.05) is 23.7 Å².